The summed E-state index contributed by atoms with van der Waals surface area (Å²) in [4.78, 5) is 26.9. The van der Waals surface area contributed by atoms with Crippen molar-refractivity contribution in [3.8, 4) is 22.6 Å². The van der Waals surface area contributed by atoms with E-state index in [2.05, 4.69) is 9.71 Å². The number of nitrogens with one attached hydrogen (secondary N) is 2. The highest BCUT2D eigenvalue weighted by molar-refractivity contribution is 7.92. The van der Waals surface area contributed by atoms with Crippen LogP contribution in [0.2, 0.25) is 0 Å². The Balaban J connectivity index is 2.02. The standard InChI is InChI=1S/C24H18F5N3O5S/c1-37-21-18(15-4-3-14-10-16(31-38(2,35)36)6-5-13(14)9-15)11-17(32-20(33)7-8-30-22(32)34)12-19(21)23(25,26)24(27,28)29/h3-12,31H,1-2H3,(H,30,34). The zero-order chi connectivity index (χ0) is 28.0. The van der Waals surface area contributed by atoms with E-state index in [1.807, 2.05) is 0 Å². The smallest absolute Gasteiger partial charge is 0.458 e. The molecule has 0 unspecified atom stereocenters. The van der Waals surface area contributed by atoms with Gasteiger partial charge in [0.25, 0.3) is 5.56 Å². The van der Waals surface area contributed by atoms with Crippen LogP contribution in [-0.4, -0.2) is 37.5 Å². The quantitative estimate of drug-likeness (QED) is 0.343. The van der Waals surface area contributed by atoms with Gasteiger partial charge in [-0.25, -0.2) is 17.8 Å². The highest BCUT2D eigenvalue weighted by Gasteiger charge is 2.60. The van der Waals surface area contributed by atoms with Crippen LogP contribution in [0.5, 0.6) is 5.75 Å². The molecule has 3 aromatic carbocycles. The number of halogens is 5. The summed E-state index contributed by atoms with van der Waals surface area (Å²) in [6, 6.07) is 11.2. The summed E-state index contributed by atoms with van der Waals surface area (Å²) in [6.07, 6.45) is -4.04. The van der Waals surface area contributed by atoms with Gasteiger partial charge in [-0.05, 0) is 46.7 Å². The highest BCUT2D eigenvalue weighted by Crippen LogP contribution is 2.50. The lowest BCUT2D eigenvalue weighted by Gasteiger charge is -2.24. The first-order valence-electron chi connectivity index (χ1n) is 10.6. The van der Waals surface area contributed by atoms with Crippen LogP contribution in [0, 0.1) is 0 Å². The van der Waals surface area contributed by atoms with Crippen molar-refractivity contribution >= 4 is 26.5 Å². The van der Waals surface area contributed by atoms with Gasteiger partial charge in [0.15, 0.2) is 0 Å². The van der Waals surface area contributed by atoms with Gasteiger partial charge in [0.2, 0.25) is 10.0 Å². The number of methoxy groups -OCH3 is 1. The molecule has 0 saturated carbocycles. The number of hydrogen-bond acceptors (Lipinski definition) is 5. The third-order valence-corrected chi connectivity index (χ3v) is 6.15. The van der Waals surface area contributed by atoms with E-state index < -0.39 is 50.4 Å². The summed E-state index contributed by atoms with van der Waals surface area (Å²) in [5.74, 6) is -6.22. The van der Waals surface area contributed by atoms with Gasteiger partial charge in [0.1, 0.15) is 5.75 Å². The highest BCUT2D eigenvalue weighted by atomic mass is 32.2. The number of ether oxygens (including phenoxy) is 1. The van der Waals surface area contributed by atoms with E-state index in [4.69, 9.17) is 4.74 Å². The number of fused-ring (bicyclic) bond motifs is 1. The average Bonchev–Trinajstić information content (AvgIpc) is 2.81. The van der Waals surface area contributed by atoms with E-state index in [-0.39, 0.29) is 16.8 Å². The van der Waals surface area contributed by atoms with Crippen LogP contribution >= 0.6 is 0 Å². The Morgan fingerprint density at radius 1 is 0.921 bits per heavy atom. The molecule has 4 rings (SSSR count). The fourth-order valence-corrected chi connectivity index (χ4v) is 4.48. The fourth-order valence-electron chi connectivity index (χ4n) is 3.92. The maximum Gasteiger partial charge on any atom is 0.458 e. The van der Waals surface area contributed by atoms with Crippen molar-refractivity contribution in [2.45, 2.75) is 12.1 Å². The molecule has 0 aliphatic rings. The molecule has 0 aliphatic carbocycles. The first kappa shape index (κ1) is 26.9. The number of benzene rings is 3. The molecule has 0 radical (unpaired) electrons. The van der Waals surface area contributed by atoms with Crippen LogP contribution in [0.15, 0.2) is 70.4 Å². The lowest BCUT2D eigenvalue weighted by molar-refractivity contribution is -0.289. The Labute approximate surface area is 211 Å². The van der Waals surface area contributed by atoms with E-state index >= 15 is 0 Å². The lowest BCUT2D eigenvalue weighted by atomic mass is 9.95. The van der Waals surface area contributed by atoms with Crippen molar-refractivity contribution in [2.24, 2.45) is 0 Å². The molecule has 0 saturated heterocycles. The summed E-state index contributed by atoms with van der Waals surface area (Å²) < 4.78 is 100. The molecule has 14 heteroatoms. The van der Waals surface area contributed by atoms with Gasteiger partial charge in [-0.15, -0.1) is 0 Å². The second-order valence-electron chi connectivity index (χ2n) is 8.25. The molecule has 0 atom stereocenters. The van der Waals surface area contributed by atoms with Crippen LogP contribution in [0.3, 0.4) is 0 Å². The number of alkyl halides is 5. The molecule has 4 aromatic rings. The minimum Gasteiger partial charge on any atom is -0.496 e. The van der Waals surface area contributed by atoms with Crippen LogP contribution in [-0.2, 0) is 15.9 Å². The number of H-pyrrole nitrogens is 1. The van der Waals surface area contributed by atoms with Crippen molar-refractivity contribution in [3.63, 3.8) is 0 Å². The van der Waals surface area contributed by atoms with E-state index in [9.17, 15) is 40.0 Å². The molecular formula is C24H18F5N3O5S. The lowest BCUT2D eigenvalue weighted by Crippen LogP contribution is -2.35. The summed E-state index contributed by atoms with van der Waals surface area (Å²) >= 11 is 0. The molecule has 0 aliphatic heterocycles. The van der Waals surface area contributed by atoms with E-state index in [1.165, 1.54) is 36.4 Å². The largest absolute Gasteiger partial charge is 0.496 e. The van der Waals surface area contributed by atoms with Crippen LogP contribution in [0.4, 0.5) is 27.6 Å². The van der Waals surface area contributed by atoms with Gasteiger partial charge in [-0.3, -0.25) is 9.52 Å². The summed E-state index contributed by atoms with van der Waals surface area (Å²) in [6.45, 7) is 0. The molecule has 0 amide bonds. The third-order valence-electron chi connectivity index (χ3n) is 5.54. The molecule has 38 heavy (non-hydrogen) atoms. The number of sulfonamides is 1. The van der Waals surface area contributed by atoms with Gasteiger partial charge in [0, 0.05) is 23.5 Å². The molecule has 1 heterocycles. The van der Waals surface area contributed by atoms with Crippen molar-refractivity contribution in [1.29, 1.82) is 0 Å². The summed E-state index contributed by atoms with van der Waals surface area (Å²) in [5.41, 5.74) is -4.03. The third kappa shape index (κ3) is 4.98. The maximum atomic E-state index is 14.7. The summed E-state index contributed by atoms with van der Waals surface area (Å²) in [5, 5.41) is 1.00. The molecule has 0 spiro atoms. The van der Waals surface area contributed by atoms with Gasteiger partial charge in [-0.2, -0.15) is 22.0 Å². The molecule has 2 N–H and O–H groups in total. The zero-order valence-corrected chi connectivity index (χ0v) is 20.4. The normalized spacial score (nSPS) is 12.5. The number of nitrogens with zero attached hydrogens (tertiary/aromatic N) is 1. The predicted octanol–water partition coefficient (Wildman–Crippen LogP) is 4.38. The van der Waals surface area contributed by atoms with Crippen molar-refractivity contribution in [3.05, 3.63) is 87.2 Å². The molecular weight excluding hydrogens is 537 g/mol. The first-order chi connectivity index (χ1) is 17.6. The second kappa shape index (κ2) is 9.28. The summed E-state index contributed by atoms with van der Waals surface area (Å²) in [7, 11) is -2.64. The number of rotatable bonds is 6. The average molecular weight is 555 g/mol. The Hall–Kier alpha value is -4.20. The van der Waals surface area contributed by atoms with Gasteiger partial charge >= 0.3 is 17.8 Å². The molecule has 8 nitrogen and oxygen atoms in total. The minimum absolute atomic E-state index is 0.125. The van der Waals surface area contributed by atoms with Crippen molar-refractivity contribution in [1.82, 2.24) is 9.55 Å². The van der Waals surface area contributed by atoms with Gasteiger partial charge < -0.3 is 9.72 Å². The van der Waals surface area contributed by atoms with Crippen molar-refractivity contribution in [2.75, 3.05) is 18.1 Å². The Morgan fingerprint density at radius 3 is 2.18 bits per heavy atom. The topological polar surface area (TPSA) is 110 Å². The predicted molar refractivity (Wildman–Crippen MR) is 131 cm³/mol. The number of anilines is 1. The monoisotopic (exact) mass is 555 g/mol. The number of hydrogen-bond donors (Lipinski definition) is 2. The Morgan fingerprint density at radius 2 is 1.58 bits per heavy atom. The maximum absolute atomic E-state index is 14.7. The SMILES string of the molecule is COc1c(-c2ccc3cc(NS(C)(=O)=O)ccc3c2)cc(-n2c(=O)cc[nH]c2=O)cc1C(F)(F)C(F)(F)F. The molecule has 0 bridgehead atoms. The first-order valence-corrected chi connectivity index (χ1v) is 12.5. The molecule has 200 valence electrons. The van der Waals surface area contributed by atoms with Crippen LogP contribution in [0.1, 0.15) is 5.56 Å². The van der Waals surface area contributed by atoms with Gasteiger partial charge in [0.05, 0.1) is 24.6 Å². The fraction of sp³-hybridized carbons (Fsp3) is 0.167. The number of aromatic nitrogens is 2. The van der Waals surface area contributed by atoms with Gasteiger partial charge in [-0.1, -0.05) is 18.2 Å². The van der Waals surface area contributed by atoms with E-state index in [0.717, 1.165) is 31.7 Å². The van der Waals surface area contributed by atoms with Crippen molar-refractivity contribution < 1.29 is 35.1 Å². The second-order valence-corrected chi connectivity index (χ2v) is 10.0. The van der Waals surface area contributed by atoms with Crippen LogP contribution < -0.4 is 20.7 Å². The van der Waals surface area contributed by atoms with Crippen LogP contribution in [0.25, 0.3) is 27.6 Å². The zero-order valence-electron chi connectivity index (χ0n) is 19.6. The van der Waals surface area contributed by atoms with E-state index in [1.54, 1.807) is 0 Å². The Kier molecular flexibility index (Phi) is 6.55. The molecule has 0 fully saturated rings. The minimum atomic E-state index is -6.02. The van der Waals surface area contributed by atoms with E-state index in [0.29, 0.717) is 21.4 Å². The number of aromatic amines is 1. The molecule has 1 aromatic heterocycles. The Bertz CT molecular complexity index is 1750.